The summed E-state index contributed by atoms with van der Waals surface area (Å²) in [7, 11) is 0. The molecule has 214 valence electrons. The fourth-order valence-corrected chi connectivity index (χ4v) is 9.09. The van der Waals surface area contributed by atoms with Gasteiger partial charge >= 0.3 is 0 Å². The predicted octanol–water partition coefficient (Wildman–Crippen LogP) is 9.12. The summed E-state index contributed by atoms with van der Waals surface area (Å²) in [5.74, 6) is 0.307. The molecule has 0 saturated heterocycles. The van der Waals surface area contributed by atoms with Gasteiger partial charge in [0.1, 0.15) is 5.92 Å². The highest BCUT2D eigenvalue weighted by Gasteiger charge is 2.87. The van der Waals surface area contributed by atoms with E-state index in [1.54, 1.807) is 0 Å². The lowest BCUT2D eigenvalue weighted by Crippen LogP contribution is -2.51. The second-order valence-corrected chi connectivity index (χ2v) is 13.0. The van der Waals surface area contributed by atoms with Crippen molar-refractivity contribution in [3.8, 4) is 44.8 Å². The molecule has 3 unspecified atom stereocenters. The Labute approximate surface area is 267 Å². The topological polar surface area (TPSA) is 11.0 Å². The van der Waals surface area contributed by atoms with Crippen molar-refractivity contribution in [3.05, 3.63) is 175 Å². The van der Waals surface area contributed by atoms with Crippen molar-refractivity contribution in [2.75, 3.05) is 4.90 Å². The van der Waals surface area contributed by atoms with E-state index in [0.29, 0.717) is 5.92 Å². The maximum absolute atomic E-state index is 2.63. The van der Waals surface area contributed by atoms with Crippen LogP contribution in [0.2, 0.25) is 0 Å². The smallest absolute Gasteiger partial charge is 0.271 e. The number of hydrogen-bond acceptors (Lipinski definition) is 1. The molecule has 5 heterocycles. The summed E-state index contributed by atoms with van der Waals surface area (Å²) in [6, 6.07) is 56.1. The quantitative estimate of drug-likeness (QED) is 0.188. The largest absolute Gasteiger partial charge is 0.310 e. The fraction of sp³-hybridized carbons (Fsp3) is 0.0698. The molecule has 1 aliphatic carbocycles. The predicted molar refractivity (Wildman–Crippen MR) is 182 cm³/mol. The third-order valence-corrected chi connectivity index (χ3v) is 10.9. The molecule has 7 aromatic rings. The zero-order chi connectivity index (χ0) is 30.0. The van der Waals surface area contributed by atoms with Crippen LogP contribution in [0.5, 0.6) is 0 Å². The summed E-state index contributed by atoms with van der Waals surface area (Å²) in [6.45, 7) is 0. The molecule has 3 atom stereocenters. The first kappa shape index (κ1) is 24.5. The van der Waals surface area contributed by atoms with Gasteiger partial charge in [-0.15, -0.1) is 0 Å². The van der Waals surface area contributed by atoms with E-state index < -0.39 is 0 Å². The van der Waals surface area contributed by atoms with Gasteiger partial charge in [0.05, 0.1) is 28.1 Å². The van der Waals surface area contributed by atoms with Crippen molar-refractivity contribution in [3.63, 3.8) is 0 Å². The number of pyridine rings is 2. The molecule has 0 radical (unpaired) electrons. The molecule has 3 heteroatoms. The van der Waals surface area contributed by atoms with Crippen molar-refractivity contribution in [1.82, 2.24) is 0 Å². The van der Waals surface area contributed by atoms with Crippen molar-refractivity contribution in [2.45, 2.75) is 17.5 Å². The lowest BCUT2D eigenvalue weighted by molar-refractivity contribution is -0.772. The van der Waals surface area contributed by atoms with Crippen LogP contribution in [0.3, 0.4) is 0 Å². The van der Waals surface area contributed by atoms with E-state index >= 15 is 0 Å². The van der Waals surface area contributed by atoms with Gasteiger partial charge in [-0.25, -0.2) is 0 Å². The van der Waals surface area contributed by atoms with E-state index in [1.807, 2.05) is 0 Å². The highest BCUT2D eigenvalue weighted by molar-refractivity contribution is 5.93. The van der Waals surface area contributed by atoms with E-state index in [-0.39, 0.29) is 11.6 Å². The minimum absolute atomic E-state index is 0.227. The fourth-order valence-electron chi connectivity index (χ4n) is 9.09. The molecular formula is C43H29N3+2. The van der Waals surface area contributed by atoms with Gasteiger partial charge in [0.2, 0.25) is 17.4 Å². The average Bonchev–Trinajstić information content (AvgIpc) is 3.76. The van der Waals surface area contributed by atoms with Crippen molar-refractivity contribution < 1.29 is 9.13 Å². The van der Waals surface area contributed by atoms with Gasteiger partial charge in [0.15, 0.2) is 12.4 Å². The molecule has 0 amide bonds. The second-order valence-electron chi connectivity index (χ2n) is 13.0. The van der Waals surface area contributed by atoms with Crippen LogP contribution in [0.4, 0.5) is 17.1 Å². The van der Waals surface area contributed by atoms with Gasteiger partial charge < -0.3 is 4.90 Å². The number of para-hydroxylation sites is 1. The van der Waals surface area contributed by atoms with Gasteiger partial charge in [-0.2, -0.15) is 9.13 Å². The Morgan fingerprint density at radius 1 is 0.500 bits per heavy atom. The Balaban J connectivity index is 1.24. The first-order valence-corrected chi connectivity index (χ1v) is 16.2. The Kier molecular flexibility index (Phi) is 4.62. The molecule has 0 bridgehead atoms. The van der Waals surface area contributed by atoms with Gasteiger partial charge in [0, 0.05) is 35.5 Å². The summed E-state index contributed by atoms with van der Waals surface area (Å²) in [5, 5.41) is 0. The van der Waals surface area contributed by atoms with Gasteiger partial charge in [-0.1, -0.05) is 91.0 Å². The van der Waals surface area contributed by atoms with Crippen LogP contribution in [-0.2, 0) is 5.54 Å². The van der Waals surface area contributed by atoms with E-state index in [4.69, 9.17) is 0 Å². The number of fused-ring (bicyclic) bond motifs is 5. The molecule has 1 fully saturated rings. The van der Waals surface area contributed by atoms with Crippen LogP contribution in [0.15, 0.2) is 164 Å². The molecule has 2 aromatic heterocycles. The third kappa shape index (κ3) is 2.94. The standard InChI is InChI=1S/C43H29N3/c1-4-12-28(13-5-1)30-22-24-44-37(26-30)33-18-10-20-35-39(33)41-42(44)43(41)40-34(19-11-21-36(40)46(35)32-16-8-3-9-17-32)38-27-31(23-25-45(38)43)29-14-6-2-7-15-29/h1-27,41-42H/q+2. The van der Waals surface area contributed by atoms with Crippen LogP contribution < -0.4 is 14.0 Å². The lowest BCUT2D eigenvalue weighted by atomic mass is 9.92. The number of hydrogen-bond donors (Lipinski definition) is 0. The molecular weight excluding hydrogens is 558 g/mol. The number of rotatable bonds is 3. The normalized spacial score (nSPS) is 20.2. The monoisotopic (exact) mass is 587 g/mol. The number of nitrogens with zero attached hydrogens (tertiary/aromatic N) is 3. The van der Waals surface area contributed by atoms with Crippen LogP contribution in [0.25, 0.3) is 44.8 Å². The molecule has 3 nitrogen and oxygen atoms in total. The number of aromatic nitrogens is 2. The Morgan fingerprint density at radius 2 is 1.11 bits per heavy atom. The maximum atomic E-state index is 2.63. The van der Waals surface area contributed by atoms with Gasteiger partial charge in [-0.3, -0.25) is 0 Å². The van der Waals surface area contributed by atoms with Gasteiger partial charge in [-0.05, 0) is 58.7 Å². The summed E-state index contributed by atoms with van der Waals surface area (Å²) < 4.78 is 5.22. The Morgan fingerprint density at radius 3 is 1.83 bits per heavy atom. The highest BCUT2D eigenvalue weighted by Crippen LogP contribution is 2.75. The third-order valence-electron chi connectivity index (χ3n) is 10.9. The lowest BCUT2D eigenvalue weighted by Gasteiger charge is -2.29. The SMILES string of the molecule is c1ccc(-c2cc[n+]3c(c2)-c2cccc4c2C2C3C23c2c(cccc2N4c2ccccc2)-c2cc(-c4ccccc4)cc[n+]23)cc1. The summed E-state index contributed by atoms with van der Waals surface area (Å²) in [4.78, 5) is 2.53. The first-order valence-electron chi connectivity index (χ1n) is 16.2. The number of benzene rings is 5. The van der Waals surface area contributed by atoms with Crippen molar-refractivity contribution in [1.29, 1.82) is 0 Å². The molecule has 1 saturated carbocycles. The second kappa shape index (κ2) is 8.68. The molecule has 3 aliphatic heterocycles. The highest BCUT2D eigenvalue weighted by atomic mass is 15.3. The van der Waals surface area contributed by atoms with Crippen molar-refractivity contribution >= 4 is 17.1 Å². The van der Waals surface area contributed by atoms with E-state index in [0.717, 1.165) is 0 Å². The first-order chi connectivity index (χ1) is 22.8. The van der Waals surface area contributed by atoms with Crippen LogP contribution in [-0.4, -0.2) is 0 Å². The molecule has 5 aromatic carbocycles. The van der Waals surface area contributed by atoms with Crippen LogP contribution in [0, 0.1) is 0 Å². The summed E-state index contributed by atoms with van der Waals surface area (Å²) >= 11 is 0. The maximum Gasteiger partial charge on any atom is 0.271 e. The zero-order valence-corrected chi connectivity index (χ0v) is 25.1. The Bertz CT molecular complexity index is 2320. The molecule has 11 rings (SSSR count). The van der Waals surface area contributed by atoms with Gasteiger partial charge in [0.25, 0.3) is 5.54 Å². The van der Waals surface area contributed by atoms with E-state index in [1.165, 1.54) is 73.0 Å². The Hall–Kier alpha value is -5.80. The van der Waals surface area contributed by atoms with Crippen LogP contribution >= 0.6 is 0 Å². The summed E-state index contributed by atoms with van der Waals surface area (Å²) in [6.07, 6.45) is 4.73. The van der Waals surface area contributed by atoms with Crippen LogP contribution in [0.1, 0.15) is 23.1 Å². The zero-order valence-electron chi connectivity index (χ0n) is 25.1. The molecule has 0 N–H and O–H groups in total. The minimum atomic E-state index is -0.227. The average molecular weight is 588 g/mol. The van der Waals surface area contributed by atoms with Crippen molar-refractivity contribution in [2.24, 2.45) is 0 Å². The minimum Gasteiger partial charge on any atom is -0.310 e. The number of anilines is 3. The summed E-state index contributed by atoms with van der Waals surface area (Å²) in [5.41, 5.74) is 16.7. The molecule has 1 spiro atoms. The molecule has 4 aliphatic rings. The molecule has 46 heavy (non-hydrogen) atoms. The van der Waals surface area contributed by atoms with E-state index in [9.17, 15) is 0 Å². The van der Waals surface area contributed by atoms with E-state index in [2.05, 4.69) is 178 Å².